The van der Waals surface area contributed by atoms with Gasteiger partial charge in [-0.15, -0.1) is 0 Å². The van der Waals surface area contributed by atoms with Crippen LogP contribution in [-0.2, 0) is 9.53 Å². The number of carbonyl (C=O) groups excluding carboxylic acids is 1. The van der Waals surface area contributed by atoms with E-state index in [1.54, 1.807) is 0 Å². The predicted molar refractivity (Wildman–Crippen MR) is 61.9 cm³/mol. The SMILES string of the molecule is N[C@@H]1CCC[C@H]1CC(=O)NCC1CCCO1. The first-order valence-corrected chi connectivity index (χ1v) is 6.39. The Balaban J connectivity index is 1.63. The van der Waals surface area contributed by atoms with Gasteiger partial charge in [-0.05, 0) is 31.6 Å². The number of nitrogens with one attached hydrogen (secondary N) is 1. The van der Waals surface area contributed by atoms with Gasteiger partial charge in [0, 0.05) is 25.6 Å². The van der Waals surface area contributed by atoms with Crippen LogP contribution in [0.2, 0.25) is 0 Å². The molecule has 2 rings (SSSR count). The highest BCUT2D eigenvalue weighted by Gasteiger charge is 2.26. The van der Waals surface area contributed by atoms with Crippen LogP contribution in [0.5, 0.6) is 0 Å². The normalized spacial score (nSPS) is 34.2. The van der Waals surface area contributed by atoms with Crippen LogP contribution in [-0.4, -0.2) is 31.2 Å². The highest BCUT2D eigenvalue weighted by atomic mass is 16.5. The molecule has 1 saturated heterocycles. The van der Waals surface area contributed by atoms with Crippen LogP contribution in [0.25, 0.3) is 0 Å². The minimum Gasteiger partial charge on any atom is -0.376 e. The lowest BCUT2D eigenvalue weighted by atomic mass is 10.00. The summed E-state index contributed by atoms with van der Waals surface area (Å²) < 4.78 is 5.46. The van der Waals surface area contributed by atoms with Gasteiger partial charge in [0.25, 0.3) is 0 Å². The van der Waals surface area contributed by atoms with Gasteiger partial charge >= 0.3 is 0 Å². The average molecular weight is 226 g/mol. The maximum atomic E-state index is 11.7. The van der Waals surface area contributed by atoms with E-state index in [1.165, 1.54) is 6.42 Å². The Kier molecular flexibility index (Phi) is 4.18. The van der Waals surface area contributed by atoms with E-state index in [0.29, 0.717) is 18.9 Å². The number of nitrogens with two attached hydrogens (primary N) is 1. The lowest BCUT2D eigenvalue weighted by Crippen LogP contribution is -2.35. The van der Waals surface area contributed by atoms with Crippen molar-refractivity contribution in [2.45, 2.75) is 50.7 Å². The number of carbonyl (C=O) groups is 1. The summed E-state index contributed by atoms with van der Waals surface area (Å²) in [7, 11) is 0. The summed E-state index contributed by atoms with van der Waals surface area (Å²) in [6.07, 6.45) is 6.37. The molecule has 0 aromatic rings. The second-order valence-corrected chi connectivity index (χ2v) is 5.00. The summed E-state index contributed by atoms with van der Waals surface area (Å²) >= 11 is 0. The van der Waals surface area contributed by atoms with Crippen molar-refractivity contribution in [2.75, 3.05) is 13.2 Å². The number of hydrogen-bond acceptors (Lipinski definition) is 3. The van der Waals surface area contributed by atoms with Crippen molar-refractivity contribution in [3.05, 3.63) is 0 Å². The molecule has 1 unspecified atom stereocenters. The summed E-state index contributed by atoms with van der Waals surface area (Å²) in [6, 6.07) is 0.230. The van der Waals surface area contributed by atoms with E-state index in [1.807, 2.05) is 0 Å². The van der Waals surface area contributed by atoms with Crippen LogP contribution in [0.1, 0.15) is 38.5 Å². The Hall–Kier alpha value is -0.610. The van der Waals surface area contributed by atoms with E-state index >= 15 is 0 Å². The van der Waals surface area contributed by atoms with Crippen molar-refractivity contribution in [1.29, 1.82) is 0 Å². The van der Waals surface area contributed by atoms with Gasteiger partial charge in [0.2, 0.25) is 5.91 Å². The van der Waals surface area contributed by atoms with Gasteiger partial charge in [0.1, 0.15) is 0 Å². The Labute approximate surface area is 96.9 Å². The standard InChI is InChI=1S/C12H22N2O2/c13-11-5-1-3-9(11)7-12(15)14-8-10-4-2-6-16-10/h9-11H,1-8,13H2,(H,14,15)/t9-,10?,11+/m0/s1. The monoisotopic (exact) mass is 226 g/mol. The molecule has 4 nitrogen and oxygen atoms in total. The number of ether oxygens (including phenoxy) is 1. The molecular weight excluding hydrogens is 204 g/mol. The van der Waals surface area contributed by atoms with Crippen LogP contribution in [0.15, 0.2) is 0 Å². The molecule has 1 aliphatic heterocycles. The van der Waals surface area contributed by atoms with Gasteiger partial charge in [0.05, 0.1) is 6.10 Å². The first kappa shape index (κ1) is 11.9. The highest BCUT2D eigenvalue weighted by molar-refractivity contribution is 5.76. The van der Waals surface area contributed by atoms with Crippen LogP contribution >= 0.6 is 0 Å². The summed E-state index contributed by atoms with van der Waals surface area (Å²) in [5.41, 5.74) is 5.94. The predicted octanol–water partition coefficient (Wildman–Crippen LogP) is 0.799. The molecule has 3 N–H and O–H groups in total. The molecule has 3 atom stereocenters. The highest BCUT2D eigenvalue weighted by Crippen LogP contribution is 2.26. The average Bonchev–Trinajstić information content (AvgIpc) is 2.88. The molecule has 2 fully saturated rings. The molecule has 4 heteroatoms. The third-order valence-corrected chi connectivity index (χ3v) is 3.72. The molecule has 0 aromatic heterocycles. The van der Waals surface area contributed by atoms with Gasteiger partial charge in [-0.1, -0.05) is 6.42 Å². The van der Waals surface area contributed by atoms with E-state index in [2.05, 4.69) is 5.32 Å². The first-order chi connectivity index (χ1) is 7.75. The summed E-state index contributed by atoms with van der Waals surface area (Å²) in [4.78, 5) is 11.7. The minimum atomic E-state index is 0.137. The smallest absolute Gasteiger partial charge is 0.220 e. The lowest BCUT2D eigenvalue weighted by molar-refractivity contribution is -0.122. The second-order valence-electron chi connectivity index (χ2n) is 5.00. The molecule has 16 heavy (non-hydrogen) atoms. The van der Waals surface area contributed by atoms with Gasteiger partial charge < -0.3 is 15.8 Å². The number of rotatable bonds is 4. The molecule has 1 aliphatic carbocycles. The molecule has 0 spiro atoms. The third kappa shape index (κ3) is 3.19. The fourth-order valence-electron chi connectivity index (χ4n) is 2.66. The maximum absolute atomic E-state index is 11.7. The maximum Gasteiger partial charge on any atom is 0.220 e. The minimum absolute atomic E-state index is 0.137. The largest absolute Gasteiger partial charge is 0.376 e. The third-order valence-electron chi connectivity index (χ3n) is 3.72. The Morgan fingerprint density at radius 1 is 1.31 bits per heavy atom. The summed E-state index contributed by atoms with van der Waals surface area (Å²) in [5, 5.41) is 2.95. The quantitative estimate of drug-likeness (QED) is 0.745. The van der Waals surface area contributed by atoms with Crippen LogP contribution in [0, 0.1) is 5.92 Å². The van der Waals surface area contributed by atoms with Crippen LogP contribution < -0.4 is 11.1 Å². The van der Waals surface area contributed by atoms with Gasteiger partial charge in [-0.25, -0.2) is 0 Å². The Morgan fingerprint density at radius 2 is 2.19 bits per heavy atom. The van der Waals surface area contributed by atoms with Crippen LogP contribution in [0.4, 0.5) is 0 Å². The Bertz CT molecular complexity index is 239. The topological polar surface area (TPSA) is 64.4 Å². The zero-order chi connectivity index (χ0) is 11.4. The molecule has 0 aromatic carbocycles. The zero-order valence-corrected chi connectivity index (χ0v) is 9.78. The number of amides is 1. The lowest BCUT2D eigenvalue weighted by Gasteiger charge is -2.16. The van der Waals surface area contributed by atoms with E-state index in [4.69, 9.17) is 10.5 Å². The Morgan fingerprint density at radius 3 is 2.81 bits per heavy atom. The van der Waals surface area contributed by atoms with Gasteiger partial charge in [-0.3, -0.25) is 4.79 Å². The van der Waals surface area contributed by atoms with E-state index < -0.39 is 0 Å². The van der Waals surface area contributed by atoms with E-state index in [9.17, 15) is 4.79 Å². The molecular formula is C12H22N2O2. The van der Waals surface area contributed by atoms with E-state index in [-0.39, 0.29) is 18.1 Å². The van der Waals surface area contributed by atoms with Crippen molar-refractivity contribution in [3.63, 3.8) is 0 Å². The molecule has 92 valence electrons. The van der Waals surface area contributed by atoms with Crippen molar-refractivity contribution in [2.24, 2.45) is 11.7 Å². The van der Waals surface area contributed by atoms with E-state index in [0.717, 1.165) is 32.3 Å². The summed E-state index contributed by atoms with van der Waals surface area (Å²) in [5.74, 6) is 0.530. The molecule has 1 heterocycles. The zero-order valence-electron chi connectivity index (χ0n) is 9.78. The molecule has 1 amide bonds. The van der Waals surface area contributed by atoms with Crippen molar-refractivity contribution < 1.29 is 9.53 Å². The fourth-order valence-corrected chi connectivity index (χ4v) is 2.66. The molecule has 0 radical (unpaired) electrons. The van der Waals surface area contributed by atoms with Crippen molar-refractivity contribution in [3.8, 4) is 0 Å². The van der Waals surface area contributed by atoms with Crippen molar-refractivity contribution >= 4 is 5.91 Å². The number of hydrogen-bond donors (Lipinski definition) is 2. The van der Waals surface area contributed by atoms with Gasteiger partial charge in [-0.2, -0.15) is 0 Å². The molecule has 2 aliphatic rings. The molecule has 0 bridgehead atoms. The van der Waals surface area contributed by atoms with Crippen LogP contribution in [0.3, 0.4) is 0 Å². The molecule has 1 saturated carbocycles. The fraction of sp³-hybridized carbons (Fsp3) is 0.917. The second kappa shape index (κ2) is 5.64. The summed E-state index contributed by atoms with van der Waals surface area (Å²) in [6.45, 7) is 1.51. The van der Waals surface area contributed by atoms with Gasteiger partial charge in [0.15, 0.2) is 0 Å². The van der Waals surface area contributed by atoms with Crippen molar-refractivity contribution in [1.82, 2.24) is 5.32 Å². The first-order valence-electron chi connectivity index (χ1n) is 6.39.